The molecular formula is C10H16BrN5. The van der Waals surface area contributed by atoms with E-state index in [4.69, 9.17) is 0 Å². The summed E-state index contributed by atoms with van der Waals surface area (Å²) in [6.45, 7) is 4.17. The van der Waals surface area contributed by atoms with Crippen molar-refractivity contribution < 1.29 is 0 Å². The molecule has 0 radical (unpaired) electrons. The van der Waals surface area contributed by atoms with Crippen molar-refractivity contribution in [3.63, 3.8) is 0 Å². The van der Waals surface area contributed by atoms with Gasteiger partial charge >= 0.3 is 0 Å². The van der Waals surface area contributed by atoms with Gasteiger partial charge in [0, 0.05) is 39.4 Å². The van der Waals surface area contributed by atoms with E-state index < -0.39 is 0 Å². The number of nitrogens with one attached hydrogen (secondary N) is 1. The van der Waals surface area contributed by atoms with Crippen molar-refractivity contribution in [3.8, 4) is 0 Å². The Bertz CT molecular complexity index is 362. The van der Waals surface area contributed by atoms with E-state index in [0.717, 1.165) is 36.5 Å². The molecule has 0 bridgehead atoms. The normalized spacial score (nSPS) is 17.6. The summed E-state index contributed by atoms with van der Waals surface area (Å²) in [6, 6.07) is 0. The first-order valence-corrected chi connectivity index (χ1v) is 6.14. The fourth-order valence-electron chi connectivity index (χ4n) is 1.72. The number of anilines is 2. The van der Waals surface area contributed by atoms with Crippen molar-refractivity contribution in [2.24, 2.45) is 0 Å². The second-order valence-corrected chi connectivity index (χ2v) is 4.76. The lowest BCUT2D eigenvalue weighted by Crippen LogP contribution is -2.45. The van der Waals surface area contributed by atoms with Gasteiger partial charge in [-0.2, -0.15) is 4.98 Å². The standard InChI is InChI=1S/C10H16BrN5/c1-12-10-13-7-8(11)9(14-10)16-5-3-15(2)4-6-16/h7H,3-6H2,1-2H3,(H,12,13,14). The number of aromatic nitrogens is 2. The molecule has 0 saturated carbocycles. The molecule has 0 aromatic carbocycles. The summed E-state index contributed by atoms with van der Waals surface area (Å²) < 4.78 is 0.955. The molecule has 0 unspecified atom stereocenters. The molecule has 1 aliphatic rings. The van der Waals surface area contributed by atoms with E-state index in [0.29, 0.717) is 5.95 Å². The van der Waals surface area contributed by atoms with Crippen LogP contribution >= 0.6 is 15.9 Å². The minimum absolute atomic E-state index is 0.664. The molecule has 5 nitrogen and oxygen atoms in total. The summed E-state index contributed by atoms with van der Waals surface area (Å²) in [4.78, 5) is 13.2. The van der Waals surface area contributed by atoms with Gasteiger partial charge in [0.15, 0.2) is 0 Å². The zero-order chi connectivity index (χ0) is 11.5. The summed E-state index contributed by atoms with van der Waals surface area (Å²) in [5, 5.41) is 2.96. The maximum absolute atomic E-state index is 4.48. The van der Waals surface area contributed by atoms with Crippen LogP contribution < -0.4 is 10.2 Å². The van der Waals surface area contributed by atoms with Gasteiger partial charge in [-0.25, -0.2) is 4.98 Å². The monoisotopic (exact) mass is 285 g/mol. The number of hydrogen-bond acceptors (Lipinski definition) is 5. The molecular weight excluding hydrogens is 270 g/mol. The highest BCUT2D eigenvalue weighted by Crippen LogP contribution is 2.24. The van der Waals surface area contributed by atoms with Gasteiger partial charge in [-0.1, -0.05) is 0 Å². The van der Waals surface area contributed by atoms with E-state index in [1.807, 2.05) is 7.05 Å². The number of likely N-dealkylation sites (N-methyl/N-ethyl adjacent to an activating group) is 1. The summed E-state index contributed by atoms with van der Waals surface area (Å²) in [5.41, 5.74) is 0. The molecule has 1 aromatic heterocycles. The van der Waals surface area contributed by atoms with E-state index in [1.54, 1.807) is 6.20 Å². The first-order valence-electron chi connectivity index (χ1n) is 5.34. The van der Waals surface area contributed by atoms with Crippen molar-refractivity contribution in [1.29, 1.82) is 0 Å². The Balaban J connectivity index is 2.19. The Morgan fingerprint density at radius 3 is 2.62 bits per heavy atom. The van der Waals surface area contributed by atoms with E-state index >= 15 is 0 Å². The third kappa shape index (κ3) is 2.44. The van der Waals surface area contributed by atoms with Crippen LogP contribution in [0.5, 0.6) is 0 Å². The van der Waals surface area contributed by atoms with Gasteiger partial charge in [0.2, 0.25) is 5.95 Å². The van der Waals surface area contributed by atoms with Gasteiger partial charge in [-0.15, -0.1) is 0 Å². The third-order valence-electron chi connectivity index (χ3n) is 2.75. The minimum Gasteiger partial charge on any atom is -0.357 e. The van der Waals surface area contributed by atoms with Crippen molar-refractivity contribution in [2.75, 3.05) is 50.5 Å². The van der Waals surface area contributed by atoms with Gasteiger partial charge in [-0.3, -0.25) is 0 Å². The SMILES string of the molecule is CNc1ncc(Br)c(N2CCN(C)CC2)n1. The number of nitrogens with zero attached hydrogens (tertiary/aromatic N) is 4. The Labute approximate surface area is 104 Å². The highest BCUT2D eigenvalue weighted by atomic mass is 79.9. The third-order valence-corrected chi connectivity index (χ3v) is 3.31. The summed E-state index contributed by atoms with van der Waals surface area (Å²) in [5.74, 6) is 1.64. The van der Waals surface area contributed by atoms with E-state index in [1.165, 1.54) is 0 Å². The van der Waals surface area contributed by atoms with E-state index in [-0.39, 0.29) is 0 Å². The second-order valence-electron chi connectivity index (χ2n) is 3.91. The van der Waals surface area contributed by atoms with Crippen molar-refractivity contribution >= 4 is 27.7 Å². The fourth-order valence-corrected chi connectivity index (χ4v) is 2.16. The van der Waals surface area contributed by atoms with Crippen LogP contribution in [0.15, 0.2) is 10.7 Å². The van der Waals surface area contributed by atoms with Gasteiger partial charge in [0.25, 0.3) is 0 Å². The largest absolute Gasteiger partial charge is 0.357 e. The van der Waals surface area contributed by atoms with Gasteiger partial charge in [-0.05, 0) is 23.0 Å². The van der Waals surface area contributed by atoms with Crippen molar-refractivity contribution in [3.05, 3.63) is 10.7 Å². The van der Waals surface area contributed by atoms with Crippen LogP contribution in [0.3, 0.4) is 0 Å². The molecule has 2 rings (SSSR count). The van der Waals surface area contributed by atoms with Crippen LogP contribution in [0.25, 0.3) is 0 Å². The lowest BCUT2D eigenvalue weighted by molar-refractivity contribution is 0.312. The molecule has 1 aliphatic heterocycles. The Morgan fingerprint density at radius 2 is 2.00 bits per heavy atom. The predicted octanol–water partition coefficient (Wildman–Crippen LogP) is 1.03. The molecule has 6 heteroatoms. The average molecular weight is 286 g/mol. The maximum Gasteiger partial charge on any atom is 0.224 e. The number of piperazine rings is 1. The maximum atomic E-state index is 4.48. The quantitative estimate of drug-likeness (QED) is 0.880. The molecule has 1 aromatic rings. The molecule has 0 amide bonds. The van der Waals surface area contributed by atoms with Crippen LogP contribution in [0.4, 0.5) is 11.8 Å². The van der Waals surface area contributed by atoms with Gasteiger partial charge in [0.1, 0.15) is 5.82 Å². The van der Waals surface area contributed by atoms with Crippen molar-refractivity contribution in [1.82, 2.24) is 14.9 Å². The van der Waals surface area contributed by atoms with Crippen LogP contribution in [-0.4, -0.2) is 55.1 Å². The van der Waals surface area contributed by atoms with Crippen LogP contribution in [0.1, 0.15) is 0 Å². The number of halogens is 1. The van der Waals surface area contributed by atoms with Crippen LogP contribution in [0, 0.1) is 0 Å². The molecule has 16 heavy (non-hydrogen) atoms. The van der Waals surface area contributed by atoms with Crippen molar-refractivity contribution in [2.45, 2.75) is 0 Å². The van der Waals surface area contributed by atoms with Crippen LogP contribution in [-0.2, 0) is 0 Å². The Kier molecular flexibility index (Phi) is 3.60. The van der Waals surface area contributed by atoms with E-state index in [9.17, 15) is 0 Å². The lowest BCUT2D eigenvalue weighted by Gasteiger charge is -2.33. The smallest absolute Gasteiger partial charge is 0.224 e. The zero-order valence-corrected chi connectivity index (χ0v) is 11.2. The molecule has 88 valence electrons. The Morgan fingerprint density at radius 1 is 1.31 bits per heavy atom. The molecule has 2 heterocycles. The summed E-state index contributed by atoms with van der Waals surface area (Å²) in [6.07, 6.45) is 1.80. The highest BCUT2D eigenvalue weighted by molar-refractivity contribution is 9.10. The number of rotatable bonds is 2. The first kappa shape index (κ1) is 11.6. The molecule has 0 spiro atoms. The second kappa shape index (κ2) is 4.97. The number of hydrogen-bond donors (Lipinski definition) is 1. The minimum atomic E-state index is 0.664. The van der Waals surface area contributed by atoms with E-state index in [2.05, 4.69) is 48.1 Å². The molecule has 1 N–H and O–H groups in total. The highest BCUT2D eigenvalue weighted by Gasteiger charge is 2.18. The van der Waals surface area contributed by atoms with Gasteiger partial charge in [0.05, 0.1) is 4.47 Å². The fraction of sp³-hybridized carbons (Fsp3) is 0.600. The predicted molar refractivity (Wildman–Crippen MR) is 69.0 cm³/mol. The molecule has 1 fully saturated rings. The zero-order valence-electron chi connectivity index (χ0n) is 9.57. The lowest BCUT2D eigenvalue weighted by atomic mass is 10.3. The summed E-state index contributed by atoms with van der Waals surface area (Å²) in [7, 11) is 3.97. The molecule has 1 saturated heterocycles. The van der Waals surface area contributed by atoms with Crippen LogP contribution in [0.2, 0.25) is 0 Å². The Hall–Kier alpha value is -0.880. The summed E-state index contributed by atoms with van der Waals surface area (Å²) >= 11 is 3.50. The van der Waals surface area contributed by atoms with Gasteiger partial charge < -0.3 is 15.1 Å². The average Bonchev–Trinajstić information content (AvgIpc) is 2.31. The topological polar surface area (TPSA) is 44.3 Å². The molecule has 0 atom stereocenters. The molecule has 0 aliphatic carbocycles. The first-order chi connectivity index (χ1) is 7.70.